The highest BCUT2D eigenvalue weighted by atomic mass is 19.1. The third-order valence-electron chi connectivity index (χ3n) is 3.15. The van der Waals surface area contributed by atoms with Crippen molar-refractivity contribution >= 4 is 21.7 Å². The van der Waals surface area contributed by atoms with Crippen molar-refractivity contribution in [1.82, 2.24) is 15.2 Å². The largest absolute Gasteiger partial charge is 0.359 e. The molecule has 0 bridgehead atoms. The number of hydrogen-bond acceptors (Lipinski definition) is 2. The molecule has 2 aromatic heterocycles. The lowest BCUT2D eigenvalue weighted by Crippen LogP contribution is -2.21. The second-order valence-electron chi connectivity index (χ2n) is 4.07. The van der Waals surface area contributed by atoms with Crippen LogP contribution in [0.4, 0.5) is 4.39 Å². The molecule has 0 amide bonds. The summed E-state index contributed by atoms with van der Waals surface area (Å²) in [5.41, 5.74) is -0.393. The zero-order chi connectivity index (χ0) is 12.9. The van der Waals surface area contributed by atoms with Gasteiger partial charge in [-0.25, -0.2) is 4.39 Å². The minimum absolute atomic E-state index is 0.130. The molecule has 0 fully saturated rings. The zero-order valence-electron chi connectivity index (χ0n) is 9.56. The van der Waals surface area contributed by atoms with E-state index in [1.165, 1.54) is 0 Å². The van der Waals surface area contributed by atoms with E-state index in [1.54, 1.807) is 19.2 Å². The molecule has 0 aliphatic carbocycles. The van der Waals surface area contributed by atoms with Crippen LogP contribution in [0.25, 0.3) is 21.7 Å². The summed E-state index contributed by atoms with van der Waals surface area (Å²) in [7, 11) is 0. The molecule has 0 aliphatic rings. The summed E-state index contributed by atoms with van der Waals surface area (Å²) in [5, 5.41) is 5.28. The summed E-state index contributed by atoms with van der Waals surface area (Å²) in [6, 6.07) is 1.59. The number of rotatable bonds is 1. The summed E-state index contributed by atoms with van der Waals surface area (Å²) in [4.78, 5) is 26.4. The van der Waals surface area contributed by atoms with E-state index in [-0.39, 0.29) is 21.9 Å². The molecule has 0 atom stereocenters. The van der Waals surface area contributed by atoms with Crippen LogP contribution in [0.15, 0.2) is 21.9 Å². The van der Waals surface area contributed by atoms with E-state index in [4.69, 9.17) is 0 Å². The van der Waals surface area contributed by atoms with Crippen molar-refractivity contribution in [3.63, 3.8) is 0 Å². The van der Waals surface area contributed by atoms with Gasteiger partial charge in [-0.1, -0.05) is 6.92 Å². The number of aromatic amines is 3. The normalized spacial score (nSPS) is 11.4. The maximum Gasteiger partial charge on any atom is 0.271 e. The Balaban J connectivity index is 2.81. The summed E-state index contributed by atoms with van der Waals surface area (Å²) >= 11 is 0. The maximum atomic E-state index is 14.2. The number of hydrogen-bond donors (Lipinski definition) is 3. The van der Waals surface area contributed by atoms with E-state index in [2.05, 4.69) is 15.2 Å². The lowest BCUT2D eigenvalue weighted by atomic mass is 10.0. The Morgan fingerprint density at radius 2 is 1.83 bits per heavy atom. The predicted molar refractivity (Wildman–Crippen MR) is 66.4 cm³/mol. The van der Waals surface area contributed by atoms with Gasteiger partial charge in [-0.15, -0.1) is 0 Å². The lowest BCUT2D eigenvalue weighted by molar-refractivity contribution is 0.624. The van der Waals surface area contributed by atoms with Crippen molar-refractivity contribution in [3.8, 4) is 0 Å². The fourth-order valence-electron chi connectivity index (χ4n) is 2.36. The molecule has 92 valence electrons. The number of aryl methyl sites for hydroxylation is 1. The highest BCUT2D eigenvalue weighted by molar-refractivity contribution is 6.07. The molecule has 0 spiro atoms. The Bertz CT molecular complexity index is 873. The van der Waals surface area contributed by atoms with Crippen LogP contribution < -0.4 is 11.1 Å². The van der Waals surface area contributed by atoms with Crippen molar-refractivity contribution in [3.05, 3.63) is 44.4 Å². The number of fused-ring (bicyclic) bond motifs is 3. The van der Waals surface area contributed by atoms with Gasteiger partial charge in [0.25, 0.3) is 11.1 Å². The van der Waals surface area contributed by atoms with Crippen molar-refractivity contribution in [2.24, 2.45) is 0 Å². The smallest absolute Gasteiger partial charge is 0.271 e. The summed E-state index contributed by atoms with van der Waals surface area (Å²) in [6.45, 7) is 1.74. The SMILES string of the molecule is CCc1c(F)c2[nH]ccc2c2c(=O)[nH][nH]c(=O)c12. The molecule has 0 saturated carbocycles. The summed E-state index contributed by atoms with van der Waals surface area (Å²) in [5.74, 6) is -0.471. The molecule has 1 aromatic carbocycles. The third kappa shape index (κ3) is 1.20. The Kier molecular flexibility index (Phi) is 2.13. The van der Waals surface area contributed by atoms with Gasteiger partial charge < -0.3 is 4.98 Å². The maximum absolute atomic E-state index is 14.2. The zero-order valence-corrected chi connectivity index (χ0v) is 9.56. The fraction of sp³-hybridized carbons (Fsp3) is 0.167. The Hall–Kier alpha value is -2.37. The first-order valence-electron chi connectivity index (χ1n) is 5.57. The molecular weight excluding hydrogens is 237 g/mol. The number of H-pyrrole nitrogens is 3. The van der Waals surface area contributed by atoms with Crippen LogP contribution in [0.1, 0.15) is 12.5 Å². The Morgan fingerprint density at radius 1 is 1.17 bits per heavy atom. The minimum atomic E-state index is -0.483. The lowest BCUT2D eigenvalue weighted by Gasteiger charge is -2.06. The van der Waals surface area contributed by atoms with E-state index in [0.717, 1.165) is 0 Å². The van der Waals surface area contributed by atoms with Crippen LogP contribution in [-0.2, 0) is 6.42 Å². The highest BCUT2D eigenvalue weighted by Crippen LogP contribution is 2.27. The minimum Gasteiger partial charge on any atom is -0.359 e. The van der Waals surface area contributed by atoms with Crippen LogP contribution >= 0.6 is 0 Å². The summed E-state index contributed by atoms with van der Waals surface area (Å²) in [6.07, 6.45) is 1.89. The molecule has 6 heteroatoms. The van der Waals surface area contributed by atoms with Gasteiger partial charge in [-0.3, -0.25) is 19.8 Å². The van der Waals surface area contributed by atoms with Gasteiger partial charge in [0.15, 0.2) is 5.82 Å². The van der Waals surface area contributed by atoms with Gasteiger partial charge in [0, 0.05) is 17.1 Å². The molecule has 0 radical (unpaired) electrons. The molecule has 0 unspecified atom stereocenters. The molecule has 18 heavy (non-hydrogen) atoms. The van der Waals surface area contributed by atoms with E-state index in [1.807, 2.05) is 0 Å². The second-order valence-corrected chi connectivity index (χ2v) is 4.07. The van der Waals surface area contributed by atoms with E-state index < -0.39 is 16.9 Å². The van der Waals surface area contributed by atoms with E-state index in [9.17, 15) is 14.0 Å². The van der Waals surface area contributed by atoms with Gasteiger partial charge in [0.05, 0.1) is 16.3 Å². The van der Waals surface area contributed by atoms with Crippen LogP contribution in [0.5, 0.6) is 0 Å². The number of nitrogens with one attached hydrogen (secondary N) is 3. The first-order valence-corrected chi connectivity index (χ1v) is 5.57. The number of benzene rings is 1. The highest BCUT2D eigenvalue weighted by Gasteiger charge is 2.18. The van der Waals surface area contributed by atoms with Crippen molar-refractivity contribution in [1.29, 1.82) is 0 Å². The first kappa shape index (κ1) is 10.8. The average molecular weight is 247 g/mol. The molecule has 3 aromatic rings. The molecule has 5 nitrogen and oxygen atoms in total. The van der Waals surface area contributed by atoms with E-state index >= 15 is 0 Å². The van der Waals surface area contributed by atoms with E-state index in [0.29, 0.717) is 11.8 Å². The molecule has 0 saturated heterocycles. The number of aromatic nitrogens is 3. The Morgan fingerprint density at radius 3 is 2.50 bits per heavy atom. The second kappa shape index (κ2) is 3.56. The monoisotopic (exact) mass is 247 g/mol. The number of halogens is 1. The molecular formula is C12H10FN3O2. The first-order chi connectivity index (χ1) is 8.65. The molecule has 3 N–H and O–H groups in total. The van der Waals surface area contributed by atoms with Crippen LogP contribution in [0.3, 0.4) is 0 Å². The standard InChI is InChI=1S/C12H10FN3O2/c1-2-5-7-8(12(18)16-15-11(7)17)6-3-4-14-10(6)9(5)13/h3-4,14H,2H2,1H3,(H,15,17)(H,16,18). The predicted octanol–water partition coefficient (Wildman–Crippen LogP) is 1.40. The molecule has 2 heterocycles. The van der Waals surface area contributed by atoms with Crippen LogP contribution in [-0.4, -0.2) is 15.2 Å². The van der Waals surface area contributed by atoms with Crippen molar-refractivity contribution < 1.29 is 4.39 Å². The van der Waals surface area contributed by atoms with Gasteiger partial charge in [0.2, 0.25) is 0 Å². The topological polar surface area (TPSA) is 81.5 Å². The third-order valence-corrected chi connectivity index (χ3v) is 3.15. The van der Waals surface area contributed by atoms with Crippen LogP contribution in [0.2, 0.25) is 0 Å². The van der Waals surface area contributed by atoms with Crippen molar-refractivity contribution in [2.75, 3.05) is 0 Å². The van der Waals surface area contributed by atoms with Gasteiger partial charge in [-0.05, 0) is 12.5 Å². The average Bonchev–Trinajstić information content (AvgIpc) is 2.83. The van der Waals surface area contributed by atoms with Crippen molar-refractivity contribution in [2.45, 2.75) is 13.3 Å². The fourth-order valence-corrected chi connectivity index (χ4v) is 2.36. The summed E-state index contributed by atoms with van der Waals surface area (Å²) < 4.78 is 14.2. The van der Waals surface area contributed by atoms with Gasteiger partial charge in [-0.2, -0.15) is 0 Å². The molecule has 0 aliphatic heterocycles. The quantitative estimate of drug-likeness (QED) is 0.607. The van der Waals surface area contributed by atoms with Crippen LogP contribution in [0, 0.1) is 5.82 Å². The van der Waals surface area contributed by atoms with Gasteiger partial charge >= 0.3 is 0 Å². The van der Waals surface area contributed by atoms with Gasteiger partial charge in [0.1, 0.15) is 0 Å². The molecule has 3 rings (SSSR count). The Labute approximate surface area is 99.6 Å².